The molecule has 1 saturated heterocycles. The molecule has 31 heavy (non-hydrogen) atoms. The van der Waals surface area contributed by atoms with Gasteiger partial charge in [-0.15, -0.1) is 11.3 Å². The van der Waals surface area contributed by atoms with Crippen LogP contribution in [0.2, 0.25) is 0 Å². The molecule has 0 atom stereocenters. The van der Waals surface area contributed by atoms with E-state index in [4.69, 9.17) is 0 Å². The minimum absolute atomic E-state index is 0.157. The maximum Gasteiger partial charge on any atom is 0.273 e. The second-order valence-corrected chi connectivity index (χ2v) is 8.06. The fourth-order valence-corrected chi connectivity index (χ4v) is 4.08. The number of carbonyl (C=O) groups excluding carboxylic acids is 2. The van der Waals surface area contributed by atoms with Crippen LogP contribution < -0.4 is 5.32 Å². The predicted molar refractivity (Wildman–Crippen MR) is 114 cm³/mol. The zero-order chi connectivity index (χ0) is 21.8. The number of thiazole rings is 1. The number of anilines is 1. The molecular weight excluding hydrogens is 422 g/mol. The lowest BCUT2D eigenvalue weighted by atomic mass is 10.2. The molecule has 0 unspecified atom stereocenters. The summed E-state index contributed by atoms with van der Waals surface area (Å²) in [6.07, 6.45) is 0. The Balaban J connectivity index is 1.32. The highest BCUT2D eigenvalue weighted by molar-refractivity contribution is 7.14. The van der Waals surface area contributed by atoms with Crippen LogP contribution in [0.4, 0.5) is 13.9 Å². The van der Waals surface area contributed by atoms with Crippen molar-refractivity contribution in [2.24, 2.45) is 0 Å². The van der Waals surface area contributed by atoms with Gasteiger partial charge in [0.05, 0.1) is 0 Å². The van der Waals surface area contributed by atoms with E-state index in [0.717, 1.165) is 43.1 Å². The van der Waals surface area contributed by atoms with Gasteiger partial charge in [-0.25, -0.2) is 13.8 Å². The van der Waals surface area contributed by atoms with Gasteiger partial charge in [0.1, 0.15) is 17.3 Å². The van der Waals surface area contributed by atoms with Gasteiger partial charge in [-0.05, 0) is 17.7 Å². The van der Waals surface area contributed by atoms with Crippen LogP contribution in [-0.4, -0.2) is 52.8 Å². The number of carbonyl (C=O) groups is 2. The van der Waals surface area contributed by atoms with Crippen molar-refractivity contribution in [1.29, 1.82) is 0 Å². The second-order valence-electron chi connectivity index (χ2n) is 7.20. The smallest absolute Gasteiger partial charge is 0.273 e. The van der Waals surface area contributed by atoms with Gasteiger partial charge in [-0.3, -0.25) is 19.8 Å². The summed E-state index contributed by atoms with van der Waals surface area (Å²) in [4.78, 5) is 33.2. The fourth-order valence-electron chi connectivity index (χ4n) is 3.40. The zero-order valence-electron chi connectivity index (χ0n) is 16.6. The van der Waals surface area contributed by atoms with Crippen LogP contribution >= 0.6 is 11.3 Å². The standard InChI is InChI=1S/C22H20F2N4O2S/c23-17-10-16(11-18(24)12-17)20(29)26-22-25-19(14-31-22)21(30)28-8-6-27(7-9-28)13-15-4-2-1-3-5-15/h1-5,10-12,14H,6-9,13H2,(H,25,26,29). The molecule has 6 nitrogen and oxygen atoms in total. The minimum Gasteiger partial charge on any atom is -0.335 e. The number of rotatable bonds is 5. The average molecular weight is 442 g/mol. The molecule has 2 amide bonds. The van der Waals surface area contributed by atoms with Crippen molar-refractivity contribution in [1.82, 2.24) is 14.8 Å². The molecule has 1 aliphatic rings. The molecule has 2 aromatic carbocycles. The lowest BCUT2D eigenvalue weighted by molar-refractivity contribution is 0.0623. The Kier molecular flexibility index (Phi) is 6.34. The summed E-state index contributed by atoms with van der Waals surface area (Å²) in [7, 11) is 0. The number of benzene rings is 2. The van der Waals surface area contributed by atoms with Gasteiger partial charge >= 0.3 is 0 Å². The van der Waals surface area contributed by atoms with Gasteiger partial charge in [0.25, 0.3) is 11.8 Å². The molecule has 9 heteroatoms. The molecule has 1 aromatic heterocycles. The maximum atomic E-state index is 13.3. The highest BCUT2D eigenvalue weighted by atomic mass is 32.1. The predicted octanol–water partition coefficient (Wildman–Crippen LogP) is 3.63. The van der Waals surface area contributed by atoms with Crippen LogP contribution in [0.25, 0.3) is 0 Å². The van der Waals surface area contributed by atoms with Crippen molar-refractivity contribution in [3.8, 4) is 0 Å². The maximum absolute atomic E-state index is 13.3. The SMILES string of the molecule is O=C(Nc1nc(C(=O)N2CCN(Cc3ccccc3)CC2)cs1)c1cc(F)cc(F)c1. The number of nitrogens with zero attached hydrogens (tertiary/aromatic N) is 3. The summed E-state index contributed by atoms with van der Waals surface area (Å²) < 4.78 is 26.6. The van der Waals surface area contributed by atoms with Crippen molar-refractivity contribution in [3.63, 3.8) is 0 Å². The summed E-state index contributed by atoms with van der Waals surface area (Å²) in [6.45, 7) is 3.55. The van der Waals surface area contributed by atoms with Crippen LogP contribution in [-0.2, 0) is 6.54 Å². The van der Waals surface area contributed by atoms with Gasteiger partial charge in [0.15, 0.2) is 5.13 Å². The van der Waals surface area contributed by atoms with Gasteiger partial charge in [-0.1, -0.05) is 30.3 Å². The summed E-state index contributed by atoms with van der Waals surface area (Å²) in [6, 6.07) is 12.7. The second kappa shape index (κ2) is 9.32. The summed E-state index contributed by atoms with van der Waals surface area (Å²) in [5.74, 6) is -2.58. The van der Waals surface area contributed by atoms with Crippen molar-refractivity contribution < 1.29 is 18.4 Å². The first-order chi connectivity index (χ1) is 15.0. The number of piperazine rings is 1. The molecule has 1 fully saturated rings. The lowest BCUT2D eigenvalue weighted by Crippen LogP contribution is -2.48. The van der Waals surface area contributed by atoms with Gasteiger partial charge < -0.3 is 4.90 Å². The first-order valence-corrected chi connectivity index (χ1v) is 10.6. The zero-order valence-corrected chi connectivity index (χ0v) is 17.4. The Morgan fingerprint density at radius 2 is 1.68 bits per heavy atom. The van der Waals surface area contributed by atoms with E-state index in [1.807, 2.05) is 18.2 Å². The van der Waals surface area contributed by atoms with Crippen molar-refractivity contribution in [2.45, 2.75) is 6.54 Å². The molecule has 0 radical (unpaired) electrons. The number of aromatic nitrogens is 1. The molecule has 0 bridgehead atoms. The molecular formula is C22H20F2N4O2S. The van der Waals surface area contributed by atoms with E-state index in [1.54, 1.807) is 10.3 Å². The van der Waals surface area contributed by atoms with Crippen LogP contribution in [0.3, 0.4) is 0 Å². The molecule has 0 spiro atoms. The summed E-state index contributed by atoms with van der Waals surface area (Å²) in [5.41, 5.74) is 1.32. The van der Waals surface area contributed by atoms with E-state index in [1.165, 1.54) is 5.56 Å². The third kappa shape index (κ3) is 5.31. The number of hydrogen-bond acceptors (Lipinski definition) is 5. The van der Waals surface area contributed by atoms with Crippen molar-refractivity contribution in [3.05, 3.63) is 82.4 Å². The molecule has 3 aromatic rings. The number of halogens is 2. The van der Waals surface area contributed by atoms with Crippen LogP contribution in [0.15, 0.2) is 53.9 Å². The third-order valence-corrected chi connectivity index (χ3v) is 5.73. The largest absolute Gasteiger partial charge is 0.335 e. The van der Waals surface area contributed by atoms with E-state index in [-0.39, 0.29) is 22.3 Å². The van der Waals surface area contributed by atoms with Crippen molar-refractivity contribution in [2.75, 3.05) is 31.5 Å². The molecule has 0 saturated carbocycles. The molecule has 0 aliphatic carbocycles. The van der Waals surface area contributed by atoms with Gasteiger partial charge in [0, 0.05) is 49.7 Å². The Morgan fingerprint density at radius 1 is 1.00 bits per heavy atom. The Hall–Kier alpha value is -3.17. The summed E-state index contributed by atoms with van der Waals surface area (Å²) in [5, 5.41) is 4.25. The van der Waals surface area contributed by atoms with Crippen LogP contribution in [0.5, 0.6) is 0 Å². The van der Waals surface area contributed by atoms with E-state index in [2.05, 4.69) is 27.3 Å². The van der Waals surface area contributed by atoms with Gasteiger partial charge in [0.2, 0.25) is 0 Å². The first kappa shape index (κ1) is 21.1. The highest BCUT2D eigenvalue weighted by Gasteiger charge is 2.24. The number of amides is 2. The quantitative estimate of drug-likeness (QED) is 0.655. The highest BCUT2D eigenvalue weighted by Crippen LogP contribution is 2.19. The van der Waals surface area contributed by atoms with Crippen LogP contribution in [0, 0.1) is 11.6 Å². The molecule has 160 valence electrons. The number of nitrogens with one attached hydrogen (secondary N) is 1. The molecule has 4 rings (SSSR count). The van der Waals surface area contributed by atoms with E-state index in [0.29, 0.717) is 19.2 Å². The Bertz CT molecular complexity index is 1060. The topological polar surface area (TPSA) is 65.5 Å². The Morgan fingerprint density at radius 3 is 2.35 bits per heavy atom. The molecule has 1 aliphatic heterocycles. The van der Waals surface area contributed by atoms with Crippen LogP contribution in [0.1, 0.15) is 26.4 Å². The molecule has 1 N–H and O–H groups in total. The first-order valence-electron chi connectivity index (χ1n) is 9.76. The summed E-state index contributed by atoms with van der Waals surface area (Å²) >= 11 is 1.09. The molecule has 2 heterocycles. The van der Waals surface area contributed by atoms with Crippen molar-refractivity contribution >= 4 is 28.3 Å². The van der Waals surface area contributed by atoms with E-state index >= 15 is 0 Å². The fraction of sp³-hybridized carbons (Fsp3) is 0.227. The Labute approximate surface area is 182 Å². The number of hydrogen-bond donors (Lipinski definition) is 1. The van der Waals surface area contributed by atoms with Gasteiger partial charge in [-0.2, -0.15) is 0 Å². The average Bonchev–Trinajstić information content (AvgIpc) is 3.22. The minimum atomic E-state index is -0.841. The third-order valence-electron chi connectivity index (χ3n) is 4.98. The van der Waals surface area contributed by atoms with E-state index in [9.17, 15) is 18.4 Å². The lowest BCUT2D eigenvalue weighted by Gasteiger charge is -2.34. The van der Waals surface area contributed by atoms with E-state index < -0.39 is 17.5 Å². The normalized spacial score (nSPS) is 14.5. The monoisotopic (exact) mass is 442 g/mol.